The van der Waals surface area contributed by atoms with Crippen LogP contribution in [0.25, 0.3) is 10.8 Å². The molecule has 10 nitrogen and oxygen atoms in total. The van der Waals surface area contributed by atoms with Crippen molar-refractivity contribution in [2.75, 3.05) is 11.9 Å². The number of aliphatic imine (C=N–C) groups is 1. The molecule has 0 saturated heterocycles. The molecule has 9 N–H and O–H groups in total. The minimum atomic E-state index is -1.06. The molecule has 1 aromatic heterocycles. The van der Waals surface area contributed by atoms with Gasteiger partial charge in [-0.15, -0.1) is 0 Å². The number of aromatic nitrogens is 1. The van der Waals surface area contributed by atoms with E-state index in [0.29, 0.717) is 18.4 Å². The van der Waals surface area contributed by atoms with Gasteiger partial charge in [-0.05, 0) is 102 Å². The standard InChI is InChI=1S/C36H48N6O4/c1-23(22-44)7-12-30(37)4-2-5-31-27(11-10-26-17-25-9-8-24(13-15-43)16-28(25)18-32(26)31)19-33(42-34-6-3-14-40-34)29(20-35(45)46)21-41-36(38)39/h3,6,8-9,14-18,20,22-23,27,30-31,33,40,42H,2,4-5,7,10-13,19,21,37H2,1H3,(H,45,46)(H4,38,39,41)/b29-20+/t23-,27+,30+,31+,33+/m0/s1. The van der Waals surface area contributed by atoms with Crippen LogP contribution in [0.15, 0.2) is 65.3 Å². The van der Waals surface area contributed by atoms with Crippen LogP contribution in [0.2, 0.25) is 0 Å². The van der Waals surface area contributed by atoms with Gasteiger partial charge >= 0.3 is 5.97 Å². The van der Waals surface area contributed by atoms with Gasteiger partial charge in [0.15, 0.2) is 5.96 Å². The summed E-state index contributed by atoms with van der Waals surface area (Å²) in [4.78, 5) is 41.6. The maximum Gasteiger partial charge on any atom is 0.328 e. The second-order valence-corrected chi connectivity index (χ2v) is 12.7. The molecular weight excluding hydrogens is 580 g/mol. The number of hydrogen-bond donors (Lipinski definition) is 6. The molecule has 0 bridgehead atoms. The topological polar surface area (TPSA) is 190 Å². The minimum Gasteiger partial charge on any atom is -0.478 e. The maximum absolute atomic E-state index is 11.9. The Hall–Kier alpha value is -4.44. The number of aldehydes is 2. The van der Waals surface area contributed by atoms with Crippen LogP contribution in [0.3, 0.4) is 0 Å². The number of guanidine groups is 1. The second kappa shape index (κ2) is 16.7. The number of benzene rings is 2. The molecule has 2 aromatic carbocycles. The number of aromatic amines is 1. The Morgan fingerprint density at radius 3 is 2.65 bits per heavy atom. The number of aryl methyl sites for hydroxylation is 1. The van der Waals surface area contributed by atoms with Gasteiger partial charge in [-0.3, -0.25) is 0 Å². The summed E-state index contributed by atoms with van der Waals surface area (Å²) in [5.74, 6) is 0.0840. The molecule has 246 valence electrons. The Bertz CT molecular complexity index is 1530. The summed E-state index contributed by atoms with van der Waals surface area (Å²) in [6.07, 6.45) is 12.2. The molecule has 0 fully saturated rings. The SMILES string of the molecule is C[C@H](C=O)CC[C@H](N)CCC[C@H]1c2cc3cc(CC=O)ccc3cc2CC[C@@H]1C[C@@H](Nc1ccc[nH]1)/C(=C/C(=O)O)CN=C(N)N. The number of aliphatic carboxylic acids is 1. The quantitative estimate of drug-likeness (QED) is 0.0500. The van der Waals surface area contributed by atoms with Crippen molar-refractivity contribution < 1.29 is 19.5 Å². The van der Waals surface area contributed by atoms with Gasteiger partial charge in [0, 0.05) is 30.7 Å². The average Bonchev–Trinajstić information content (AvgIpc) is 3.54. The summed E-state index contributed by atoms with van der Waals surface area (Å²) in [6, 6.07) is 14.3. The van der Waals surface area contributed by atoms with E-state index in [2.05, 4.69) is 39.6 Å². The second-order valence-electron chi connectivity index (χ2n) is 12.7. The van der Waals surface area contributed by atoms with E-state index < -0.39 is 5.97 Å². The van der Waals surface area contributed by atoms with Gasteiger partial charge in [0.1, 0.15) is 18.4 Å². The number of nitrogens with zero attached hydrogens (tertiary/aromatic N) is 1. The predicted octanol–water partition coefficient (Wildman–Crippen LogP) is 4.82. The van der Waals surface area contributed by atoms with Crippen molar-refractivity contribution in [3.05, 3.63) is 77.0 Å². The summed E-state index contributed by atoms with van der Waals surface area (Å²) in [6.45, 7) is 1.99. The van der Waals surface area contributed by atoms with Gasteiger partial charge in [-0.25, -0.2) is 9.79 Å². The van der Waals surface area contributed by atoms with Gasteiger partial charge < -0.3 is 42.2 Å². The highest BCUT2D eigenvalue weighted by atomic mass is 16.4. The van der Waals surface area contributed by atoms with Crippen molar-refractivity contribution in [2.45, 2.75) is 82.7 Å². The summed E-state index contributed by atoms with van der Waals surface area (Å²) in [7, 11) is 0. The van der Waals surface area contributed by atoms with E-state index in [4.69, 9.17) is 17.2 Å². The van der Waals surface area contributed by atoms with Gasteiger partial charge in [0.05, 0.1) is 12.6 Å². The third-order valence-electron chi connectivity index (χ3n) is 9.22. The largest absolute Gasteiger partial charge is 0.478 e. The van der Waals surface area contributed by atoms with E-state index in [1.54, 1.807) is 0 Å². The number of carbonyl (C=O) groups is 3. The first-order chi connectivity index (χ1) is 22.2. The van der Waals surface area contributed by atoms with Crippen LogP contribution in [-0.2, 0) is 27.2 Å². The first-order valence-electron chi connectivity index (χ1n) is 16.3. The summed E-state index contributed by atoms with van der Waals surface area (Å²) in [5.41, 5.74) is 22.0. The third kappa shape index (κ3) is 9.78. The number of rotatable bonds is 18. The predicted molar refractivity (Wildman–Crippen MR) is 184 cm³/mol. The number of H-pyrrole nitrogens is 1. The number of nitrogens with one attached hydrogen (secondary N) is 2. The lowest BCUT2D eigenvalue weighted by Crippen LogP contribution is -2.32. The van der Waals surface area contributed by atoms with Crippen molar-refractivity contribution in [1.29, 1.82) is 0 Å². The van der Waals surface area contributed by atoms with Crippen molar-refractivity contribution in [3.8, 4) is 0 Å². The Kier molecular flexibility index (Phi) is 12.5. The van der Waals surface area contributed by atoms with Gasteiger partial charge in [-0.2, -0.15) is 0 Å². The fourth-order valence-electron chi connectivity index (χ4n) is 6.77. The average molecular weight is 629 g/mol. The van der Waals surface area contributed by atoms with Crippen LogP contribution >= 0.6 is 0 Å². The Balaban J connectivity index is 1.67. The third-order valence-corrected chi connectivity index (χ3v) is 9.22. The van der Waals surface area contributed by atoms with Gasteiger partial charge in [-0.1, -0.05) is 43.7 Å². The van der Waals surface area contributed by atoms with Crippen LogP contribution in [0.1, 0.15) is 74.5 Å². The number of carboxylic acids is 1. The van der Waals surface area contributed by atoms with Crippen LogP contribution in [0.4, 0.5) is 5.82 Å². The highest BCUT2D eigenvalue weighted by Gasteiger charge is 2.33. The number of nitrogens with two attached hydrogens (primary N) is 3. The molecule has 1 heterocycles. The smallest absolute Gasteiger partial charge is 0.328 e. The molecular formula is C36H48N6O4. The zero-order valence-corrected chi connectivity index (χ0v) is 26.7. The molecule has 46 heavy (non-hydrogen) atoms. The van der Waals surface area contributed by atoms with E-state index in [9.17, 15) is 19.5 Å². The number of anilines is 1. The lowest BCUT2D eigenvalue weighted by atomic mass is 9.69. The van der Waals surface area contributed by atoms with E-state index in [1.807, 2.05) is 31.3 Å². The first kappa shape index (κ1) is 34.4. The molecule has 1 aliphatic rings. The van der Waals surface area contributed by atoms with Crippen molar-refractivity contribution in [2.24, 2.45) is 34.0 Å². The van der Waals surface area contributed by atoms with Gasteiger partial charge in [0.25, 0.3) is 0 Å². The fraction of sp³-hybridized carbons (Fsp3) is 0.444. The van der Waals surface area contributed by atoms with Crippen molar-refractivity contribution in [3.63, 3.8) is 0 Å². The molecule has 0 spiro atoms. The molecule has 0 amide bonds. The molecule has 4 rings (SSSR count). The molecule has 5 atom stereocenters. The Morgan fingerprint density at radius 2 is 1.96 bits per heavy atom. The molecule has 0 aliphatic heterocycles. The summed E-state index contributed by atoms with van der Waals surface area (Å²) in [5, 5.41) is 15.6. The Labute approximate surface area is 270 Å². The normalized spacial score (nSPS) is 18.3. The number of fused-ring (bicyclic) bond motifs is 2. The molecule has 3 aromatic rings. The molecule has 0 saturated carbocycles. The molecule has 1 aliphatic carbocycles. The van der Waals surface area contributed by atoms with E-state index in [1.165, 1.54) is 17.2 Å². The zero-order valence-electron chi connectivity index (χ0n) is 26.7. The van der Waals surface area contributed by atoms with Crippen LogP contribution in [0.5, 0.6) is 0 Å². The van der Waals surface area contributed by atoms with Crippen molar-refractivity contribution in [1.82, 2.24) is 4.98 Å². The van der Waals surface area contributed by atoms with Crippen LogP contribution in [-0.4, -0.2) is 53.2 Å². The van der Waals surface area contributed by atoms with Crippen LogP contribution in [0, 0.1) is 11.8 Å². The maximum atomic E-state index is 11.9. The molecule has 0 unspecified atom stereocenters. The van der Waals surface area contributed by atoms with E-state index in [0.717, 1.165) is 79.7 Å². The first-order valence-corrected chi connectivity index (χ1v) is 16.3. The van der Waals surface area contributed by atoms with Gasteiger partial charge in [0.2, 0.25) is 0 Å². The lowest BCUT2D eigenvalue weighted by molar-refractivity contribution is -0.131. The monoisotopic (exact) mass is 628 g/mol. The summed E-state index contributed by atoms with van der Waals surface area (Å²) >= 11 is 0. The highest BCUT2D eigenvalue weighted by molar-refractivity contribution is 5.86. The Morgan fingerprint density at radius 1 is 1.13 bits per heavy atom. The summed E-state index contributed by atoms with van der Waals surface area (Å²) < 4.78 is 0. The number of carbonyl (C=O) groups excluding carboxylic acids is 2. The molecule has 10 heteroatoms. The number of carboxylic acid groups (broad SMARTS) is 1. The van der Waals surface area contributed by atoms with E-state index >= 15 is 0 Å². The minimum absolute atomic E-state index is 0.00847. The van der Waals surface area contributed by atoms with E-state index in [-0.39, 0.29) is 42.3 Å². The fourth-order valence-corrected chi connectivity index (χ4v) is 6.77. The van der Waals surface area contributed by atoms with Crippen molar-refractivity contribution >= 4 is 41.1 Å². The van der Waals surface area contributed by atoms with Crippen LogP contribution < -0.4 is 22.5 Å². The zero-order chi connectivity index (χ0) is 33.1. The lowest BCUT2D eigenvalue weighted by Gasteiger charge is -2.37. The molecule has 0 radical (unpaired) electrons. The number of hydrogen-bond acceptors (Lipinski definition) is 6. The highest BCUT2D eigenvalue weighted by Crippen LogP contribution is 2.44.